The molecule has 3 heteroatoms. The molecule has 21 heavy (non-hydrogen) atoms. The Morgan fingerprint density at radius 3 is 2.57 bits per heavy atom. The Balaban J connectivity index is 1.85. The van der Waals surface area contributed by atoms with Crippen molar-refractivity contribution in [3.8, 4) is 0 Å². The van der Waals surface area contributed by atoms with Crippen LogP contribution in [0.3, 0.4) is 0 Å². The summed E-state index contributed by atoms with van der Waals surface area (Å²) in [7, 11) is 0. The van der Waals surface area contributed by atoms with E-state index in [2.05, 4.69) is 10.3 Å². The fourth-order valence-corrected chi connectivity index (χ4v) is 2.40. The quantitative estimate of drug-likeness (QED) is 0.745. The summed E-state index contributed by atoms with van der Waals surface area (Å²) in [6.45, 7) is 3.87. The maximum atomic E-state index is 12.6. The molecule has 1 heterocycles. The predicted octanol–water partition coefficient (Wildman–Crippen LogP) is 4.08. The van der Waals surface area contributed by atoms with E-state index in [0.29, 0.717) is 0 Å². The van der Waals surface area contributed by atoms with E-state index in [0.717, 1.165) is 22.2 Å². The summed E-state index contributed by atoms with van der Waals surface area (Å²) in [6, 6.07) is 17.7. The van der Waals surface area contributed by atoms with Gasteiger partial charge in [-0.05, 0) is 43.7 Å². The number of hydrogen-bond donors (Lipinski definition) is 2. The van der Waals surface area contributed by atoms with E-state index in [1.54, 1.807) is 0 Å². The van der Waals surface area contributed by atoms with Crippen LogP contribution in [0.5, 0.6) is 0 Å². The van der Waals surface area contributed by atoms with Crippen LogP contribution in [-0.2, 0) is 10.2 Å². The van der Waals surface area contributed by atoms with Gasteiger partial charge in [0.25, 0.3) is 0 Å². The highest BCUT2D eigenvalue weighted by molar-refractivity contribution is 6.00. The molecule has 0 aliphatic carbocycles. The van der Waals surface area contributed by atoms with Crippen LogP contribution in [0.2, 0.25) is 0 Å². The molecule has 1 aromatic heterocycles. The van der Waals surface area contributed by atoms with Crippen LogP contribution >= 0.6 is 0 Å². The SMILES string of the molecule is CC(C)(C(=O)Nc1ccc2[nH]ccc2c1)c1ccccc1. The second-order valence-corrected chi connectivity index (χ2v) is 5.72. The van der Waals surface area contributed by atoms with E-state index in [4.69, 9.17) is 0 Å². The summed E-state index contributed by atoms with van der Waals surface area (Å²) in [6.07, 6.45) is 1.89. The Morgan fingerprint density at radius 2 is 1.81 bits per heavy atom. The van der Waals surface area contributed by atoms with Gasteiger partial charge in [0.2, 0.25) is 5.91 Å². The van der Waals surface area contributed by atoms with Gasteiger partial charge in [0, 0.05) is 22.8 Å². The molecule has 2 aromatic carbocycles. The van der Waals surface area contributed by atoms with Gasteiger partial charge in [-0.25, -0.2) is 0 Å². The first-order valence-corrected chi connectivity index (χ1v) is 7.01. The van der Waals surface area contributed by atoms with Crippen molar-refractivity contribution in [2.24, 2.45) is 0 Å². The Labute approximate surface area is 124 Å². The highest BCUT2D eigenvalue weighted by atomic mass is 16.2. The Morgan fingerprint density at radius 1 is 1.05 bits per heavy atom. The number of aromatic amines is 1. The zero-order valence-electron chi connectivity index (χ0n) is 12.2. The Kier molecular flexibility index (Phi) is 3.26. The minimum absolute atomic E-state index is 0.0106. The van der Waals surface area contributed by atoms with Crippen molar-refractivity contribution in [1.82, 2.24) is 4.98 Å². The number of anilines is 1. The van der Waals surface area contributed by atoms with Gasteiger partial charge in [0.15, 0.2) is 0 Å². The molecule has 0 spiro atoms. The van der Waals surface area contributed by atoms with Crippen molar-refractivity contribution in [2.75, 3.05) is 5.32 Å². The zero-order chi connectivity index (χ0) is 14.9. The van der Waals surface area contributed by atoms with Gasteiger partial charge >= 0.3 is 0 Å². The van der Waals surface area contributed by atoms with Gasteiger partial charge in [0.1, 0.15) is 0 Å². The molecule has 3 nitrogen and oxygen atoms in total. The van der Waals surface area contributed by atoms with Gasteiger partial charge in [0.05, 0.1) is 5.41 Å². The van der Waals surface area contributed by atoms with E-state index in [9.17, 15) is 4.79 Å². The number of benzene rings is 2. The van der Waals surface area contributed by atoms with E-state index >= 15 is 0 Å². The number of amides is 1. The second kappa shape index (κ2) is 5.09. The fourth-order valence-electron chi connectivity index (χ4n) is 2.40. The van der Waals surface area contributed by atoms with Crippen LogP contribution in [0, 0.1) is 0 Å². The van der Waals surface area contributed by atoms with Crippen molar-refractivity contribution in [3.63, 3.8) is 0 Å². The molecule has 0 saturated carbocycles. The Bertz CT molecular complexity index is 772. The van der Waals surface area contributed by atoms with Crippen molar-refractivity contribution in [2.45, 2.75) is 19.3 Å². The zero-order valence-corrected chi connectivity index (χ0v) is 12.2. The van der Waals surface area contributed by atoms with Crippen LogP contribution < -0.4 is 5.32 Å². The van der Waals surface area contributed by atoms with Crippen LogP contribution in [0.15, 0.2) is 60.8 Å². The molecule has 0 unspecified atom stereocenters. The van der Waals surface area contributed by atoms with Gasteiger partial charge in [-0.3, -0.25) is 4.79 Å². The molecule has 2 N–H and O–H groups in total. The first-order chi connectivity index (χ1) is 10.1. The standard InChI is InChI=1S/C18H18N2O/c1-18(2,14-6-4-3-5-7-14)17(21)20-15-8-9-16-13(12-15)10-11-19-16/h3-12,19H,1-2H3,(H,20,21). The van der Waals surface area contributed by atoms with Crippen LogP contribution in [0.1, 0.15) is 19.4 Å². The first-order valence-electron chi connectivity index (χ1n) is 7.01. The molecule has 106 valence electrons. The highest BCUT2D eigenvalue weighted by Gasteiger charge is 2.29. The summed E-state index contributed by atoms with van der Waals surface area (Å²) in [5, 5.41) is 4.10. The Hall–Kier alpha value is -2.55. The summed E-state index contributed by atoms with van der Waals surface area (Å²) in [5.41, 5.74) is 2.31. The average Bonchev–Trinajstić information content (AvgIpc) is 2.95. The number of fused-ring (bicyclic) bond motifs is 1. The van der Waals surface area contributed by atoms with Gasteiger partial charge in [-0.2, -0.15) is 0 Å². The van der Waals surface area contributed by atoms with Crippen LogP contribution in [0.25, 0.3) is 10.9 Å². The van der Waals surface area contributed by atoms with E-state index in [1.807, 2.05) is 74.6 Å². The number of carbonyl (C=O) groups is 1. The molecule has 1 amide bonds. The minimum Gasteiger partial charge on any atom is -0.361 e. The fraction of sp³-hybridized carbons (Fsp3) is 0.167. The van der Waals surface area contributed by atoms with Crippen LogP contribution in [0.4, 0.5) is 5.69 Å². The van der Waals surface area contributed by atoms with Crippen molar-refractivity contribution in [1.29, 1.82) is 0 Å². The third-order valence-electron chi connectivity index (χ3n) is 3.87. The minimum atomic E-state index is -0.575. The molecular weight excluding hydrogens is 260 g/mol. The number of hydrogen-bond acceptors (Lipinski definition) is 1. The second-order valence-electron chi connectivity index (χ2n) is 5.72. The number of carbonyl (C=O) groups excluding carboxylic acids is 1. The molecule has 0 fully saturated rings. The monoisotopic (exact) mass is 278 g/mol. The first kappa shape index (κ1) is 13.4. The molecule has 0 saturated heterocycles. The maximum Gasteiger partial charge on any atom is 0.234 e. The normalized spacial score (nSPS) is 11.5. The third-order valence-corrected chi connectivity index (χ3v) is 3.87. The number of H-pyrrole nitrogens is 1. The maximum absolute atomic E-state index is 12.6. The smallest absolute Gasteiger partial charge is 0.234 e. The third kappa shape index (κ3) is 2.55. The number of aromatic nitrogens is 1. The molecule has 3 aromatic rings. The van der Waals surface area contributed by atoms with Gasteiger partial charge in [-0.15, -0.1) is 0 Å². The lowest BCUT2D eigenvalue weighted by Crippen LogP contribution is -2.34. The lowest BCUT2D eigenvalue weighted by molar-refractivity contribution is -0.120. The highest BCUT2D eigenvalue weighted by Crippen LogP contribution is 2.26. The lowest BCUT2D eigenvalue weighted by atomic mass is 9.83. The number of nitrogens with one attached hydrogen (secondary N) is 2. The summed E-state index contributed by atoms with van der Waals surface area (Å²) >= 11 is 0. The molecule has 3 rings (SSSR count). The largest absolute Gasteiger partial charge is 0.361 e. The van der Waals surface area contributed by atoms with Crippen molar-refractivity contribution >= 4 is 22.5 Å². The molecule has 0 radical (unpaired) electrons. The van der Waals surface area contributed by atoms with Crippen LogP contribution in [-0.4, -0.2) is 10.9 Å². The van der Waals surface area contributed by atoms with E-state index in [1.165, 1.54) is 0 Å². The van der Waals surface area contributed by atoms with Gasteiger partial charge < -0.3 is 10.3 Å². The van der Waals surface area contributed by atoms with Crippen molar-refractivity contribution < 1.29 is 4.79 Å². The van der Waals surface area contributed by atoms with Crippen molar-refractivity contribution in [3.05, 3.63) is 66.4 Å². The summed E-state index contributed by atoms with van der Waals surface area (Å²) in [4.78, 5) is 15.7. The molecule has 0 aliphatic heterocycles. The molecular formula is C18H18N2O. The molecule has 0 bridgehead atoms. The topological polar surface area (TPSA) is 44.9 Å². The summed E-state index contributed by atoms with van der Waals surface area (Å²) in [5.74, 6) is -0.0106. The van der Waals surface area contributed by atoms with Gasteiger partial charge in [-0.1, -0.05) is 30.3 Å². The molecule has 0 aliphatic rings. The van der Waals surface area contributed by atoms with E-state index in [-0.39, 0.29) is 5.91 Å². The summed E-state index contributed by atoms with van der Waals surface area (Å²) < 4.78 is 0. The number of rotatable bonds is 3. The average molecular weight is 278 g/mol. The van der Waals surface area contributed by atoms with E-state index < -0.39 is 5.41 Å². The molecule has 0 atom stereocenters. The lowest BCUT2D eigenvalue weighted by Gasteiger charge is -2.24. The predicted molar refractivity (Wildman–Crippen MR) is 86.4 cm³/mol.